The van der Waals surface area contributed by atoms with Gasteiger partial charge in [-0.25, -0.2) is 15.0 Å². The first-order chi connectivity index (χ1) is 12.9. The third-order valence-corrected chi connectivity index (χ3v) is 3.60. The van der Waals surface area contributed by atoms with Crippen LogP contribution in [0.25, 0.3) is 11.1 Å². The molecule has 0 aliphatic carbocycles. The third-order valence-electron chi connectivity index (χ3n) is 3.60. The summed E-state index contributed by atoms with van der Waals surface area (Å²) in [5.74, 6) is -0.728. The van der Waals surface area contributed by atoms with Crippen LogP contribution in [0.4, 0.5) is 21.6 Å². The van der Waals surface area contributed by atoms with Crippen LogP contribution in [0.2, 0.25) is 0 Å². The summed E-state index contributed by atoms with van der Waals surface area (Å²) in [6.45, 7) is 1.54. The van der Waals surface area contributed by atoms with Gasteiger partial charge in [-0.3, -0.25) is 4.79 Å². The molecule has 9 heteroatoms. The van der Waals surface area contributed by atoms with Gasteiger partial charge in [0, 0.05) is 11.8 Å². The van der Waals surface area contributed by atoms with Gasteiger partial charge in [0.1, 0.15) is 17.7 Å². The van der Waals surface area contributed by atoms with E-state index in [1.807, 2.05) is 0 Å². The molecule has 0 saturated carbocycles. The predicted molar refractivity (Wildman–Crippen MR) is 99.3 cm³/mol. The molecular formula is C18H17FN6O2. The summed E-state index contributed by atoms with van der Waals surface area (Å²) in [5.41, 5.74) is 8.16. The second-order valence-corrected chi connectivity index (χ2v) is 5.73. The van der Waals surface area contributed by atoms with Crippen LogP contribution >= 0.6 is 0 Å². The first-order valence-electron chi connectivity index (χ1n) is 8.02. The second-order valence-electron chi connectivity index (χ2n) is 5.73. The summed E-state index contributed by atoms with van der Waals surface area (Å²) in [4.78, 5) is 24.0. The molecule has 0 spiro atoms. The summed E-state index contributed by atoms with van der Waals surface area (Å²) >= 11 is 0. The van der Waals surface area contributed by atoms with E-state index in [9.17, 15) is 14.3 Å². The lowest BCUT2D eigenvalue weighted by molar-refractivity contribution is 0.102. The summed E-state index contributed by atoms with van der Waals surface area (Å²) in [6.07, 6.45) is 3.23. The van der Waals surface area contributed by atoms with Gasteiger partial charge in [-0.05, 0) is 36.8 Å². The number of nitrogen functional groups attached to an aromatic ring is 1. The molecule has 1 atom stereocenters. The number of carbonyl (C=O) groups is 1. The smallest absolute Gasteiger partial charge is 0.275 e. The number of amides is 1. The summed E-state index contributed by atoms with van der Waals surface area (Å²) in [5, 5.41) is 14.6. The lowest BCUT2D eigenvalue weighted by Crippen LogP contribution is -2.17. The second kappa shape index (κ2) is 7.75. The van der Waals surface area contributed by atoms with Gasteiger partial charge >= 0.3 is 0 Å². The lowest BCUT2D eigenvalue weighted by atomic mass is 10.1. The van der Waals surface area contributed by atoms with Gasteiger partial charge in [0.15, 0.2) is 0 Å². The van der Waals surface area contributed by atoms with Crippen molar-refractivity contribution in [2.24, 2.45) is 0 Å². The Kier molecular flexibility index (Phi) is 5.23. The van der Waals surface area contributed by atoms with Crippen LogP contribution in [0, 0.1) is 5.95 Å². The Labute approximate surface area is 154 Å². The molecule has 8 nitrogen and oxygen atoms in total. The highest BCUT2D eigenvalue weighted by Crippen LogP contribution is 2.27. The van der Waals surface area contributed by atoms with Crippen molar-refractivity contribution in [3.63, 3.8) is 0 Å². The van der Waals surface area contributed by atoms with Crippen LogP contribution in [0.1, 0.15) is 17.4 Å². The van der Waals surface area contributed by atoms with Gasteiger partial charge in [0.2, 0.25) is 5.95 Å². The monoisotopic (exact) mass is 368 g/mol. The van der Waals surface area contributed by atoms with Crippen LogP contribution in [-0.4, -0.2) is 32.2 Å². The number of benzene rings is 1. The largest absolute Gasteiger partial charge is 0.397 e. The van der Waals surface area contributed by atoms with Gasteiger partial charge < -0.3 is 21.5 Å². The highest BCUT2D eigenvalue weighted by Gasteiger charge is 2.12. The number of nitrogens with one attached hydrogen (secondary N) is 2. The van der Waals surface area contributed by atoms with Crippen LogP contribution in [0.5, 0.6) is 0 Å². The van der Waals surface area contributed by atoms with Gasteiger partial charge in [-0.2, -0.15) is 4.39 Å². The fourth-order valence-electron chi connectivity index (χ4n) is 2.31. The van der Waals surface area contributed by atoms with E-state index in [-0.39, 0.29) is 5.69 Å². The van der Waals surface area contributed by atoms with E-state index in [1.165, 1.54) is 31.6 Å². The molecule has 0 bridgehead atoms. The molecule has 1 aromatic carbocycles. The highest BCUT2D eigenvalue weighted by atomic mass is 19.1. The number of carbonyl (C=O) groups excluding carboxylic acids is 1. The van der Waals surface area contributed by atoms with Crippen LogP contribution < -0.4 is 16.4 Å². The minimum atomic E-state index is -0.789. The zero-order valence-electron chi connectivity index (χ0n) is 14.3. The van der Waals surface area contributed by atoms with Crippen molar-refractivity contribution < 1.29 is 14.3 Å². The van der Waals surface area contributed by atoms with Crippen molar-refractivity contribution >= 4 is 23.1 Å². The van der Waals surface area contributed by atoms with E-state index >= 15 is 0 Å². The Morgan fingerprint density at radius 3 is 2.52 bits per heavy atom. The Bertz CT molecular complexity index is 945. The van der Waals surface area contributed by atoms with E-state index < -0.39 is 18.1 Å². The number of aliphatic hydroxyl groups excluding tert-OH is 1. The Hall–Kier alpha value is -3.59. The number of nitrogens with zero attached hydrogens (tertiary/aromatic N) is 3. The molecule has 27 heavy (non-hydrogen) atoms. The minimum Gasteiger partial charge on any atom is -0.397 e. The fourth-order valence-corrected chi connectivity index (χ4v) is 2.31. The van der Waals surface area contributed by atoms with Crippen LogP contribution in [-0.2, 0) is 0 Å². The summed E-state index contributed by atoms with van der Waals surface area (Å²) in [6, 6.07) is 7.88. The maximum Gasteiger partial charge on any atom is 0.275 e. The first-order valence-corrected chi connectivity index (χ1v) is 8.02. The quantitative estimate of drug-likeness (QED) is 0.309. The standard InChI is InChI=1S/C18H17FN6O2/c1-10(26)24-17-9-21-15(8-23-17)18(27)25-14-6-11(2-4-13(14)20)12-3-5-16(19)22-7-12/h2-10,26H,20H2,1H3,(H,23,24)(H,25,27). The van der Waals surface area contributed by atoms with Crippen molar-refractivity contribution in [1.82, 2.24) is 15.0 Å². The van der Waals surface area contributed by atoms with Crippen molar-refractivity contribution in [3.05, 3.63) is 60.6 Å². The van der Waals surface area contributed by atoms with Gasteiger partial charge in [-0.15, -0.1) is 0 Å². The Morgan fingerprint density at radius 2 is 1.89 bits per heavy atom. The topological polar surface area (TPSA) is 126 Å². The lowest BCUT2D eigenvalue weighted by Gasteiger charge is -2.11. The van der Waals surface area contributed by atoms with Crippen molar-refractivity contribution in [2.45, 2.75) is 13.2 Å². The normalized spacial score (nSPS) is 11.7. The first kappa shape index (κ1) is 18.2. The molecule has 2 aromatic heterocycles. The summed E-state index contributed by atoms with van der Waals surface area (Å²) in [7, 11) is 0. The number of hydrogen-bond acceptors (Lipinski definition) is 7. The third kappa shape index (κ3) is 4.53. The number of hydrogen-bond donors (Lipinski definition) is 4. The van der Waals surface area contributed by atoms with Crippen LogP contribution in [0.3, 0.4) is 0 Å². The van der Waals surface area contributed by atoms with E-state index in [2.05, 4.69) is 25.6 Å². The predicted octanol–water partition coefficient (Wildman–Crippen LogP) is 2.26. The Morgan fingerprint density at radius 1 is 1.11 bits per heavy atom. The molecule has 0 fully saturated rings. The number of rotatable bonds is 5. The Balaban J connectivity index is 1.79. The van der Waals surface area contributed by atoms with Crippen molar-refractivity contribution in [3.8, 4) is 11.1 Å². The van der Waals surface area contributed by atoms with Crippen molar-refractivity contribution in [1.29, 1.82) is 0 Å². The van der Waals surface area contributed by atoms with E-state index in [0.717, 1.165) is 5.56 Å². The number of aliphatic hydroxyl groups is 1. The molecule has 0 aliphatic heterocycles. The molecule has 0 aliphatic rings. The number of anilines is 3. The molecule has 138 valence electrons. The molecule has 3 rings (SSSR count). The SMILES string of the molecule is CC(O)Nc1cnc(C(=O)Nc2cc(-c3ccc(F)nc3)ccc2N)cn1. The van der Waals surface area contributed by atoms with Gasteiger partial charge in [0.05, 0.1) is 23.8 Å². The minimum absolute atomic E-state index is 0.0828. The molecule has 0 saturated heterocycles. The molecule has 1 unspecified atom stereocenters. The number of halogens is 1. The van der Waals surface area contributed by atoms with E-state index in [1.54, 1.807) is 24.3 Å². The molecule has 0 radical (unpaired) electrons. The molecular weight excluding hydrogens is 351 g/mol. The zero-order chi connectivity index (χ0) is 19.4. The summed E-state index contributed by atoms with van der Waals surface area (Å²) < 4.78 is 13.0. The number of aromatic nitrogens is 3. The average Bonchev–Trinajstić information content (AvgIpc) is 2.64. The maximum absolute atomic E-state index is 13.0. The van der Waals surface area contributed by atoms with Crippen molar-refractivity contribution in [2.75, 3.05) is 16.4 Å². The molecule has 5 N–H and O–H groups in total. The molecule has 3 aromatic rings. The van der Waals surface area contributed by atoms with Gasteiger partial charge in [0.25, 0.3) is 5.91 Å². The van der Waals surface area contributed by atoms with Gasteiger partial charge in [-0.1, -0.05) is 6.07 Å². The van der Waals surface area contributed by atoms with E-state index in [0.29, 0.717) is 22.8 Å². The van der Waals surface area contributed by atoms with Crippen LogP contribution in [0.15, 0.2) is 48.9 Å². The fraction of sp³-hybridized carbons (Fsp3) is 0.111. The molecule has 1 amide bonds. The zero-order valence-corrected chi connectivity index (χ0v) is 14.3. The highest BCUT2D eigenvalue weighted by molar-refractivity contribution is 6.04. The number of nitrogens with two attached hydrogens (primary N) is 1. The maximum atomic E-state index is 13.0. The average molecular weight is 368 g/mol. The number of pyridine rings is 1. The van der Waals surface area contributed by atoms with E-state index in [4.69, 9.17) is 5.73 Å². The molecule has 2 heterocycles.